The number of anilines is 2. The molecule has 0 atom stereocenters. The number of carbonyl (C=O) groups excluding carboxylic acids is 1. The summed E-state index contributed by atoms with van der Waals surface area (Å²) < 4.78 is 6.78. The fourth-order valence-electron chi connectivity index (χ4n) is 4.22. The number of aromatic nitrogens is 2. The first kappa shape index (κ1) is 24.5. The Morgan fingerprint density at radius 2 is 1.91 bits per heavy atom. The molecule has 1 aliphatic heterocycles. The molecule has 0 spiro atoms. The van der Waals surface area contributed by atoms with Crippen LogP contribution >= 0.6 is 15.9 Å². The van der Waals surface area contributed by atoms with Crippen LogP contribution < -0.4 is 20.3 Å². The van der Waals surface area contributed by atoms with Gasteiger partial charge in [-0.05, 0) is 84.1 Å². The van der Waals surface area contributed by atoms with Gasteiger partial charge in [-0.2, -0.15) is 10.2 Å². The number of nitrogens with zero attached hydrogens (tertiary/aromatic N) is 4. The highest BCUT2D eigenvalue weighted by molar-refractivity contribution is 9.10. The number of hydrogen-bond donors (Lipinski definition) is 2. The number of halogens is 1. The number of hydrogen-bond acceptors (Lipinski definition) is 7. The minimum absolute atomic E-state index is 0.0831. The lowest BCUT2D eigenvalue weighted by Gasteiger charge is -2.34. The van der Waals surface area contributed by atoms with E-state index in [1.165, 1.54) is 0 Å². The minimum atomic E-state index is -0.0831. The number of rotatable bonds is 6. The van der Waals surface area contributed by atoms with E-state index in [1.807, 2.05) is 38.1 Å². The highest BCUT2D eigenvalue weighted by Gasteiger charge is 2.21. The molecule has 2 heterocycles. The highest BCUT2D eigenvalue weighted by atomic mass is 79.9. The van der Waals surface area contributed by atoms with Crippen molar-refractivity contribution >= 4 is 33.5 Å². The van der Waals surface area contributed by atoms with E-state index in [2.05, 4.69) is 47.5 Å². The van der Waals surface area contributed by atoms with E-state index in [4.69, 9.17) is 4.74 Å². The molecular weight excluding hydrogens is 508 g/mol. The Labute approximate surface area is 213 Å². The van der Waals surface area contributed by atoms with E-state index in [-0.39, 0.29) is 11.9 Å². The molecule has 0 saturated carbocycles. The van der Waals surface area contributed by atoms with Gasteiger partial charge in [-0.25, -0.2) is 4.98 Å². The van der Waals surface area contributed by atoms with Crippen molar-refractivity contribution in [1.29, 1.82) is 5.26 Å². The van der Waals surface area contributed by atoms with Crippen LogP contribution in [0.25, 0.3) is 0 Å². The summed E-state index contributed by atoms with van der Waals surface area (Å²) in [6.07, 6.45) is 3.50. The average Bonchev–Trinajstić information content (AvgIpc) is 2.87. The van der Waals surface area contributed by atoms with Crippen LogP contribution in [-0.4, -0.2) is 42.1 Å². The molecule has 1 aliphatic rings. The van der Waals surface area contributed by atoms with Gasteiger partial charge in [-0.3, -0.25) is 4.79 Å². The first-order chi connectivity index (χ1) is 16.9. The third-order valence-electron chi connectivity index (χ3n) is 6.03. The second-order valence-corrected chi connectivity index (χ2v) is 9.39. The smallest absolute Gasteiger partial charge is 0.251 e. The molecule has 1 amide bonds. The van der Waals surface area contributed by atoms with Crippen molar-refractivity contribution in [3.05, 3.63) is 69.3 Å². The van der Waals surface area contributed by atoms with Crippen molar-refractivity contribution in [3.8, 4) is 17.7 Å². The van der Waals surface area contributed by atoms with Crippen LogP contribution in [-0.2, 0) is 0 Å². The van der Waals surface area contributed by atoms with Crippen molar-refractivity contribution in [2.24, 2.45) is 0 Å². The molecule has 3 aromatic rings. The average molecular weight is 535 g/mol. The highest BCUT2D eigenvalue weighted by Crippen LogP contribution is 2.33. The summed E-state index contributed by atoms with van der Waals surface area (Å²) in [6, 6.07) is 13.7. The Morgan fingerprint density at radius 1 is 1.20 bits per heavy atom. The van der Waals surface area contributed by atoms with Gasteiger partial charge in [0.2, 0.25) is 11.8 Å². The number of carbonyl (C=O) groups is 1. The molecule has 4 rings (SSSR count). The maximum absolute atomic E-state index is 12.0. The van der Waals surface area contributed by atoms with Gasteiger partial charge in [0.1, 0.15) is 5.75 Å². The number of nitriles is 1. The maximum atomic E-state index is 12.0. The van der Waals surface area contributed by atoms with E-state index >= 15 is 0 Å². The number of aryl methyl sites for hydroxylation is 2. The number of benzene rings is 2. The Bertz CT molecular complexity index is 1260. The van der Waals surface area contributed by atoms with Crippen LogP contribution in [0, 0.1) is 25.2 Å². The SMILES string of the molecule is CNC(=O)c1cccc(N2CCC(Nc3ncc(Br)c(Oc4c(C)cc(C#N)cc4C)n3)CC2)c1. The molecular formula is C26H27BrN6O2. The van der Waals surface area contributed by atoms with Gasteiger partial charge in [-0.15, -0.1) is 0 Å². The van der Waals surface area contributed by atoms with E-state index in [0.29, 0.717) is 33.2 Å². The van der Waals surface area contributed by atoms with E-state index in [9.17, 15) is 10.1 Å². The van der Waals surface area contributed by atoms with Gasteiger partial charge in [0.15, 0.2) is 0 Å². The van der Waals surface area contributed by atoms with Crippen LogP contribution in [0.3, 0.4) is 0 Å². The van der Waals surface area contributed by atoms with Crippen LogP contribution in [0.5, 0.6) is 11.6 Å². The van der Waals surface area contributed by atoms with Crippen molar-refractivity contribution in [2.45, 2.75) is 32.7 Å². The summed E-state index contributed by atoms with van der Waals surface area (Å²) in [5.74, 6) is 1.52. The fraction of sp³-hybridized carbons (Fsp3) is 0.308. The topological polar surface area (TPSA) is 103 Å². The van der Waals surface area contributed by atoms with Crippen LogP contribution in [0.1, 0.15) is 39.9 Å². The first-order valence-electron chi connectivity index (χ1n) is 11.4. The monoisotopic (exact) mass is 534 g/mol. The van der Waals surface area contributed by atoms with Gasteiger partial charge in [0, 0.05) is 37.4 Å². The number of nitrogens with one attached hydrogen (secondary N) is 2. The van der Waals surface area contributed by atoms with Gasteiger partial charge in [0.05, 0.1) is 22.3 Å². The molecule has 0 unspecified atom stereocenters. The molecule has 9 heteroatoms. The van der Waals surface area contributed by atoms with Crippen LogP contribution in [0.15, 0.2) is 47.1 Å². The summed E-state index contributed by atoms with van der Waals surface area (Å²) >= 11 is 3.48. The van der Waals surface area contributed by atoms with E-state index < -0.39 is 0 Å². The summed E-state index contributed by atoms with van der Waals surface area (Å²) in [4.78, 5) is 23.3. The predicted octanol–water partition coefficient (Wildman–Crippen LogP) is 4.96. The summed E-state index contributed by atoms with van der Waals surface area (Å²) in [7, 11) is 1.64. The Balaban J connectivity index is 1.41. The minimum Gasteiger partial charge on any atom is -0.437 e. The third kappa shape index (κ3) is 5.72. The lowest BCUT2D eigenvalue weighted by atomic mass is 10.0. The van der Waals surface area contributed by atoms with Crippen molar-refractivity contribution in [3.63, 3.8) is 0 Å². The number of amides is 1. The molecule has 0 bridgehead atoms. The lowest BCUT2D eigenvalue weighted by Crippen LogP contribution is -2.39. The molecule has 0 radical (unpaired) electrons. The first-order valence-corrected chi connectivity index (χ1v) is 12.2. The van der Waals surface area contributed by atoms with Gasteiger partial charge in [-0.1, -0.05) is 6.07 Å². The zero-order chi connectivity index (χ0) is 24.9. The van der Waals surface area contributed by atoms with Gasteiger partial charge >= 0.3 is 0 Å². The summed E-state index contributed by atoms with van der Waals surface area (Å²) in [5, 5.41) is 15.3. The molecule has 8 nitrogen and oxygen atoms in total. The zero-order valence-corrected chi connectivity index (χ0v) is 21.5. The standard InChI is InChI=1S/C26H27BrN6O2/c1-16-11-18(14-28)12-17(2)23(16)35-25-22(27)15-30-26(32-25)31-20-7-9-33(10-8-20)21-6-4-5-19(13-21)24(34)29-3/h4-6,11-13,15,20H,7-10H2,1-3H3,(H,29,34)(H,30,31,32). The molecule has 2 aromatic carbocycles. The number of ether oxygens (including phenoxy) is 1. The quantitative estimate of drug-likeness (QED) is 0.460. The molecule has 1 fully saturated rings. The van der Waals surface area contributed by atoms with Crippen molar-refractivity contribution < 1.29 is 9.53 Å². The van der Waals surface area contributed by atoms with Crippen molar-refractivity contribution in [2.75, 3.05) is 30.4 Å². The maximum Gasteiger partial charge on any atom is 0.251 e. The predicted molar refractivity (Wildman–Crippen MR) is 139 cm³/mol. The van der Waals surface area contributed by atoms with Gasteiger partial charge < -0.3 is 20.3 Å². The number of piperidine rings is 1. The van der Waals surface area contributed by atoms with Gasteiger partial charge in [0.25, 0.3) is 5.91 Å². The Hall–Kier alpha value is -3.64. The molecule has 0 aliphatic carbocycles. The van der Waals surface area contributed by atoms with Crippen LogP contribution in [0.2, 0.25) is 0 Å². The molecule has 1 saturated heterocycles. The zero-order valence-electron chi connectivity index (χ0n) is 19.9. The Kier molecular flexibility index (Phi) is 7.51. The summed E-state index contributed by atoms with van der Waals surface area (Å²) in [5.41, 5.74) is 4.05. The second kappa shape index (κ2) is 10.7. The molecule has 2 N–H and O–H groups in total. The van der Waals surface area contributed by atoms with Crippen molar-refractivity contribution in [1.82, 2.24) is 15.3 Å². The largest absolute Gasteiger partial charge is 0.437 e. The summed E-state index contributed by atoms with van der Waals surface area (Å²) in [6.45, 7) is 5.54. The fourth-order valence-corrected chi connectivity index (χ4v) is 4.49. The lowest BCUT2D eigenvalue weighted by molar-refractivity contribution is 0.0963. The second-order valence-electron chi connectivity index (χ2n) is 8.53. The molecule has 35 heavy (non-hydrogen) atoms. The van der Waals surface area contributed by atoms with E-state index in [0.717, 1.165) is 42.7 Å². The van der Waals surface area contributed by atoms with Crippen LogP contribution in [0.4, 0.5) is 11.6 Å². The Morgan fingerprint density at radius 3 is 2.57 bits per heavy atom. The van der Waals surface area contributed by atoms with E-state index in [1.54, 1.807) is 25.4 Å². The molecule has 1 aromatic heterocycles. The molecule has 180 valence electrons. The normalized spacial score (nSPS) is 13.7. The third-order valence-corrected chi connectivity index (χ3v) is 6.57.